The van der Waals surface area contributed by atoms with Gasteiger partial charge in [0, 0.05) is 24.4 Å². The zero-order chi connectivity index (χ0) is 21.1. The van der Waals surface area contributed by atoms with Crippen molar-refractivity contribution in [3.05, 3.63) is 23.8 Å². The molecule has 0 fully saturated rings. The maximum atomic E-state index is 6.65. The molecule has 5 heteroatoms. The van der Waals surface area contributed by atoms with Crippen LogP contribution in [0.25, 0.3) is 0 Å². The first-order chi connectivity index (χ1) is 12.1. The summed E-state index contributed by atoms with van der Waals surface area (Å²) in [5.74, 6) is 1.81. The normalized spacial score (nSPS) is 13.9. The van der Waals surface area contributed by atoms with Crippen LogP contribution in [0.3, 0.4) is 0 Å². The summed E-state index contributed by atoms with van der Waals surface area (Å²) in [6.07, 6.45) is 2.99. The second-order valence-corrected chi connectivity index (χ2v) is 19.9. The molecule has 27 heavy (non-hydrogen) atoms. The van der Waals surface area contributed by atoms with Gasteiger partial charge in [0.05, 0.1) is 0 Å². The molecule has 0 N–H and O–H groups in total. The maximum Gasteiger partial charge on any atom is 0.250 e. The molecule has 0 atom stereocenters. The summed E-state index contributed by atoms with van der Waals surface area (Å²) in [5, 5.41) is 0.301. The molecule has 0 radical (unpaired) electrons. The lowest BCUT2D eigenvalue weighted by atomic mass is 10.2. The van der Waals surface area contributed by atoms with Crippen LogP contribution < -0.4 is 8.85 Å². The van der Waals surface area contributed by atoms with Gasteiger partial charge in [-0.1, -0.05) is 48.5 Å². The van der Waals surface area contributed by atoms with Crippen LogP contribution in [0.4, 0.5) is 0 Å². The topological polar surface area (TPSA) is 30.8 Å². The quantitative estimate of drug-likeness (QED) is 0.351. The van der Waals surface area contributed by atoms with E-state index in [4.69, 9.17) is 8.85 Å². The first-order valence-electron chi connectivity index (χ1n) is 10.1. The van der Waals surface area contributed by atoms with Gasteiger partial charge in [-0.05, 0) is 54.8 Å². The van der Waals surface area contributed by atoms with E-state index in [1.165, 1.54) is 0 Å². The van der Waals surface area contributed by atoms with Gasteiger partial charge in [-0.15, -0.1) is 0 Å². The highest BCUT2D eigenvalue weighted by atomic mass is 28.4. The van der Waals surface area contributed by atoms with Gasteiger partial charge in [0.15, 0.2) is 0 Å². The highest BCUT2D eigenvalue weighted by Gasteiger charge is 2.40. The van der Waals surface area contributed by atoms with E-state index in [1.54, 1.807) is 0 Å². The summed E-state index contributed by atoms with van der Waals surface area (Å²) in [7, 11) is -3.84. The molecule has 1 aromatic carbocycles. The molecular formula is C22H41NO2Si2. The number of hydrogen-bond donors (Lipinski definition) is 0. The van der Waals surface area contributed by atoms with E-state index in [1.807, 2.05) is 6.21 Å². The van der Waals surface area contributed by atoms with Crippen molar-refractivity contribution >= 4 is 22.8 Å². The van der Waals surface area contributed by atoms with Crippen LogP contribution in [0.2, 0.25) is 36.3 Å². The van der Waals surface area contributed by atoms with Crippen molar-refractivity contribution in [3.8, 4) is 11.5 Å². The highest BCUT2D eigenvalue weighted by molar-refractivity contribution is 6.75. The van der Waals surface area contributed by atoms with E-state index in [0.717, 1.165) is 30.0 Å². The van der Waals surface area contributed by atoms with Crippen LogP contribution in [0.15, 0.2) is 23.2 Å². The molecule has 0 bridgehead atoms. The molecular weight excluding hydrogens is 366 g/mol. The Labute approximate surface area is 169 Å². The predicted molar refractivity (Wildman–Crippen MR) is 125 cm³/mol. The first kappa shape index (κ1) is 24.0. The SMILES string of the molecule is CCCN=Cc1ccc(O[Si](C)(C)C(C)(C)C)cc1O[Si](C)(C)C(C)(C)C. The fraction of sp³-hybridized carbons (Fsp3) is 0.682. The van der Waals surface area contributed by atoms with Crippen molar-refractivity contribution in [1.29, 1.82) is 0 Å². The van der Waals surface area contributed by atoms with Crippen LogP contribution in [0.5, 0.6) is 11.5 Å². The summed E-state index contributed by atoms with van der Waals surface area (Å²) in [6, 6.07) is 6.23. The molecule has 0 heterocycles. The van der Waals surface area contributed by atoms with Gasteiger partial charge in [-0.2, -0.15) is 0 Å². The summed E-state index contributed by atoms with van der Waals surface area (Å²) >= 11 is 0. The fourth-order valence-corrected chi connectivity index (χ4v) is 4.00. The standard InChI is InChI=1S/C22H41NO2Si2/c1-12-15-23-17-18-13-14-19(24-26(8,9)21(2,3)4)16-20(18)25-27(10,11)22(5,6)7/h13-14,16-17H,12,15H2,1-11H3. The number of benzene rings is 1. The van der Waals surface area contributed by atoms with E-state index in [-0.39, 0.29) is 10.1 Å². The maximum absolute atomic E-state index is 6.65. The minimum atomic E-state index is -1.95. The van der Waals surface area contributed by atoms with Crippen molar-refractivity contribution < 1.29 is 8.85 Å². The molecule has 1 rings (SSSR count). The number of nitrogens with zero attached hydrogens (tertiary/aromatic N) is 1. The third-order valence-corrected chi connectivity index (χ3v) is 14.6. The Morgan fingerprint density at radius 1 is 0.889 bits per heavy atom. The zero-order valence-corrected chi connectivity index (χ0v) is 21.5. The van der Waals surface area contributed by atoms with E-state index in [0.29, 0.717) is 0 Å². The third kappa shape index (κ3) is 6.49. The van der Waals surface area contributed by atoms with Crippen molar-refractivity contribution in [1.82, 2.24) is 0 Å². The Balaban J connectivity index is 3.29. The molecule has 0 spiro atoms. The Morgan fingerprint density at radius 2 is 1.41 bits per heavy atom. The first-order valence-corrected chi connectivity index (χ1v) is 15.9. The van der Waals surface area contributed by atoms with Crippen molar-refractivity contribution in [2.24, 2.45) is 4.99 Å². The van der Waals surface area contributed by atoms with Crippen LogP contribution in [-0.2, 0) is 0 Å². The molecule has 0 amide bonds. The van der Waals surface area contributed by atoms with E-state index < -0.39 is 16.6 Å². The monoisotopic (exact) mass is 407 g/mol. The lowest BCUT2D eigenvalue weighted by Crippen LogP contribution is -2.44. The third-order valence-electron chi connectivity index (χ3n) is 5.92. The number of aliphatic imine (C=N–C) groups is 1. The van der Waals surface area contributed by atoms with Crippen LogP contribution >= 0.6 is 0 Å². The largest absolute Gasteiger partial charge is 0.543 e. The molecule has 1 aromatic rings. The van der Waals surface area contributed by atoms with Gasteiger partial charge in [0.1, 0.15) is 11.5 Å². The summed E-state index contributed by atoms with van der Waals surface area (Å²) < 4.78 is 13.2. The lowest BCUT2D eigenvalue weighted by molar-refractivity contribution is 0.474. The van der Waals surface area contributed by atoms with Crippen molar-refractivity contribution in [2.75, 3.05) is 6.54 Å². The van der Waals surface area contributed by atoms with Gasteiger partial charge in [0.2, 0.25) is 8.32 Å². The Bertz CT molecular complexity index is 653. The lowest BCUT2D eigenvalue weighted by Gasteiger charge is -2.38. The minimum Gasteiger partial charge on any atom is -0.543 e. The summed E-state index contributed by atoms with van der Waals surface area (Å²) in [6.45, 7) is 25.7. The van der Waals surface area contributed by atoms with Gasteiger partial charge < -0.3 is 8.85 Å². The number of rotatable bonds is 7. The molecule has 0 saturated carbocycles. The molecule has 0 aliphatic rings. The molecule has 0 saturated heterocycles. The second kappa shape index (κ2) is 8.52. The second-order valence-electron chi connectivity index (χ2n) is 10.5. The minimum absolute atomic E-state index is 0.140. The number of hydrogen-bond acceptors (Lipinski definition) is 3. The van der Waals surface area contributed by atoms with Crippen LogP contribution in [0.1, 0.15) is 60.5 Å². The zero-order valence-electron chi connectivity index (χ0n) is 19.5. The molecule has 0 aliphatic heterocycles. The average Bonchev–Trinajstić information content (AvgIpc) is 2.46. The summed E-state index contributed by atoms with van der Waals surface area (Å²) in [4.78, 5) is 4.53. The van der Waals surface area contributed by atoms with Crippen LogP contribution in [-0.4, -0.2) is 29.4 Å². The van der Waals surface area contributed by atoms with Crippen LogP contribution in [0, 0.1) is 0 Å². The fourth-order valence-electron chi connectivity index (χ4n) is 1.94. The Hall–Kier alpha value is -1.08. The average molecular weight is 408 g/mol. The van der Waals surface area contributed by atoms with E-state index in [9.17, 15) is 0 Å². The Kier molecular flexibility index (Phi) is 7.56. The van der Waals surface area contributed by atoms with Gasteiger partial charge in [-0.3, -0.25) is 4.99 Å². The Morgan fingerprint density at radius 3 is 1.89 bits per heavy atom. The molecule has 0 unspecified atom stereocenters. The van der Waals surface area contributed by atoms with E-state index >= 15 is 0 Å². The van der Waals surface area contributed by atoms with Crippen molar-refractivity contribution in [3.63, 3.8) is 0 Å². The van der Waals surface area contributed by atoms with E-state index in [2.05, 4.69) is 97.8 Å². The smallest absolute Gasteiger partial charge is 0.250 e. The molecule has 154 valence electrons. The molecule has 3 nitrogen and oxygen atoms in total. The molecule has 0 aromatic heterocycles. The highest BCUT2D eigenvalue weighted by Crippen LogP contribution is 2.41. The van der Waals surface area contributed by atoms with Gasteiger partial charge >= 0.3 is 0 Å². The molecule has 0 aliphatic carbocycles. The summed E-state index contributed by atoms with van der Waals surface area (Å²) in [5.41, 5.74) is 1.04. The van der Waals surface area contributed by atoms with Crippen molar-refractivity contribution in [2.45, 2.75) is 91.2 Å². The van der Waals surface area contributed by atoms with Gasteiger partial charge in [0.25, 0.3) is 8.32 Å². The van der Waals surface area contributed by atoms with Gasteiger partial charge in [-0.25, -0.2) is 0 Å². The predicted octanol–water partition coefficient (Wildman–Crippen LogP) is 7.28.